The van der Waals surface area contributed by atoms with E-state index in [1.165, 1.54) is 16.0 Å². The first-order chi connectivity index (χ1) is 13.6. The molecule has 0 saturated carbocycles. The predicted octanol–water partition coefficient (Wildman–Crippen LogP) is 1.56. The lowest BCUT2D eigenvalue weighted by molar-refractivity contribution is -0.917. The van der Waals surface area contributed by atoms with Crippen molar-refractivity contribution in [2.45, 2.75) is 13.5 Å². The summed E-state index contributed by atoms with van der Waals surface area (Å²) in [7, 11) is 4.68. The lowest BCUT2D eigenvalue weighted by atomic mass is 10.1. The topological polar surface area (TPSA) is 52.4 Å². The minimum absolute atomic E-state index is 0.0345. The molecule has 6 nitrogen and oxygen atoms in total. The third-order valence-corrected chi connectivity index (χ3v) is 5.40. The van der Waals surface area contributed by atoms with Crippen molar-refractivity contribution in [3.05, 3.63) is 53.1 Å². The van der Waals surface area contributed by atoms with Gasteiger partial charge in [-0.1, -0.05) is 24.3 Å². The van der Waals surface area contributed by atoms with Crippen LogP contribution in [-0.4, -0.2) is 58.3 Å². The van der Waals surface area contributed by atoms with Crippen molar-refractivity contribution in [2.75, 3.05) is 47.5 Å². The summed E-state index contributed by atoms with van der Waals surface area (Å²) >= 11 is 0. The summed E-state index contributed by atoms with van der Waals surface area (Å²) in [6.45, 7) is 6.44. The molecule has 0 radical (unpaired) electrons. The van der Waals surface area contributed by atoms with Crippen LogP contribution in [-0.2, 0) is 6.54 Å². The number of quaternary nitrogens is 1. The van der Waals surface area contributed by atoms with Gasteiger partial charge in [0.2, 0.25) is 0 Å². The molecule has 2 aromatic carbocycles. The first-order valence-electron chi connectivity index (χ1n) is 9.54. The molecule has 1 heterocycles. The molecule has 1 aliphatic heterocycles. The molecule has 0 aromatic heterocycles. The number of nitrogens with zero attached hydrogens (tertiary/aromatic N) is 1. The molecule has 0 aliphatic carbocycles. The molecule has 1 fully saturated rings. The number of rotatable bonds is 6. The van der Waals surface area contributed by atoms with Crippen LogP contribution < -0.4 is 19.1 Å². The van der Waals surface area contributed by atoms with Gasteiger partial charge >= 0.3 is 0 Å². The number of carbonyl (C=O) groups is 1. The van der Waals surface area contributed by atoms with Crippen LogP contribution in [0.5, 0.6) is 17.2 Å². The average Bonchev–Trinajstić information content (AvgIpc) is 2.74. The Morgan fingerprint density at radius 3 is 2.18 bits per heavy atom. The molecule has 6 heteroatoms. The summed E-state index contributed by atoms with van der Waals surface area (Å²) < 4.78 is 16.1. The first kappa shape index (κ1) is 20.0. The van der Waals surface area contributed by atoms with Crippen LogP contribution in [0.3, 0.4) is 0 Å². The van der Waals surface area contributed by atoms with Gasteiger partial charge in [0.25, 0.3) is 5.91 Å². The number of hydrogen-bond acceptors (Lipinski definition) is 4. The summed E-state index contributed by atoms with van der Waals surface area (Å²) in [4.78, 5) is 16.5. The summed E-state index contributed by atoms with van der Waals surface area (Å²) in [5.74, 6) is 1.53. The molecule has 3 rings (SSSR count). The Bertz CT molecular complexity index is 829. The van der Waals surface area contributed by atoms with Crippen LogP contribution in [0.2, 0.25) is 0 Å². The van der Waals surface area contributed by atoms with Crippen molar-refractivity contribution < 1.29 is 23.9 Å². The summed E-state index contributed by atoms with van der Waals surface area (Å²) in [6.07, 6.45) is 0. The van der Waals surface area contributed by atoms with Crippen LogP contribution in [0.15, 0.2) is 36.4 Å². The van der Waals surface area contributed by atoms with Crippen LogP contribution in [0.1, 0.15) is 21.5 Å². The van der Waals surface area contributed by atoms with Gasteiger partial charge in [0.15, 0.2) is 11.5 Å². The van der Waals surface area contributed by atoms with Crippen molar-refractivity contribution in [2.24, 2.45) is 0 Å². The highest BCUT2D eigenvalue weighted by molar-refractivity contribution is 5.98. The summed E-state index contributed by atoms with van der Waals surface area (Å²) in [5, 5.41) is 0. The van der Waals surface area contributed by atoms with Gasteiger partial charge in [0, 0.05) is 17.7 Å². The highest BCUT2D eigenvalue weighted by Crippen LogP contribution is 2.35. The number of piperazine rings is 1. The quantitative estimate of drug-likeness (QED) is 0.820. The second-order valence-corrected chi connectivity index (χ2v) is 7.05. The maximum Gasteiger partial charge on any atom is 0.258 e. The second-order valence-electron chi connectivity index (χ2n) is 7.05. The van der Waals surface area contributed by atoms with Gasteiger partial charge in [-0.25, -0.2) is 0 Å². The molecule has 1 N–H and O–H groups in total. The Morgan fingerprint density at radius 2 is 1.57 bits per heavy atom. The Kier molecular flexibility index (Phi) is 6.41. The third kappa shape index (κ3) is 4.22. The normalized spacial score (nSPS) is 14.6. The van der Waals surface area contributed by atoms with E-state index in [0.29, 0.717) is 22.8 Å². The number of aryl methyl sites for hydroxylation is 1. The molecule has 1 amide bonds. The van der Waals surface area contributed by atoms with Crippen molar-refractivity contribution in [3.8, 4) is 17.2 Å². The zero-order valence-corrected chi connectivity index (χ0v) is 17.1. The van der Waals surface area contributed by atoms with E-state index in [2.05, 4.69) is 31.2 Å². The van der Waals surface area contributed by atoms with Gasteiger partial charge in [-0.05, 0) is 12.5 Å². The van der Waals surface area contributed by atoms with Gasteiger partial charge in [0.05, 0.1) is 53.1 Å². The monoisotopic (exact) mass is 385 g/mol. The van der Waals surface area contributed by atoms with E-state index >= 15 is 0 Å². The Morgan fingerprint density at radius 1 is 0.964 bits per heavy atom. The van der Waals surface area contributed by atoms with Crippen LogP contribution >= 0.6 is 0 Å². The molecule has 0 bridgehead atoms. The van der Waals surface area contributed by atoms with Crippen LogP contribution in [0.25, 0.3) is 0 Å². The number of benzene rings is 2. The van der Waals surface area contributed by atoms with Crippen LogP contribution in [0.4, 0.5) is 0 Å². The fourth-order valence-corrected chi connectivity index (χ4v) is 3.65. The summed E-state index contributed by atoms with van der Waals surface area (Å²) in [5.41, 5.74) is 3.20. The number of nitrogens with one attached hydrogen (secondary N) is 1. The van der Waals surface area contributed by atoms with E-state index < -0.39 is 0 Å². The third-order valence-electron chi connectivity index (χ3n) is 5.40. The zero-order chi connectivity index (χ0) is 20.1. The molecule has 0 spiro atoms. The highest BCUT2D eigenvalue weighted by atomic mass is 16.5. The minimum atomic E-state index is -0.0345. The second kappa shape index (κ2) is 8.97. The van der Waals surface area contributed by atoms with Crippen molar-refractivity contribution >= 4 is 5.91 Å². The van der Waals surface area contributed by atoms with E-state index in [-0.39, 0.29) is 5.91 Å². The lowest BCUT2D eigenvalue weighted by Gasteiger charge is -2.33. The number of carbonyl (C=O) groups excluding carboxylic acids is 1. The molecule has 0 atom stereocenters. The smallest absolute Gasteiger partial charge is 0.258 e. The fraction of sp³-hybridized carbons (Fsp3) is 0.409. The Labute approximate surface area is 166 Å². The Balaban J connectivity index is 1.69. The van der Waals surface area contributed by atoms with Gasteiger partial charge in [-0.15, -0.1) is 0 Å². The summed E-state index contributed by atoms with van der Waals surface area (Å²) in [6, 6.07) is 11.9. The SMILES string of the molecule is COc1cc(OC)c(C(=O)N2CC[NH+](Cc3ccccc3C)CC2)cc1OC. The van der Waals surface area contributed by atoms with E-state index in [1.54, 1.807) is 33.5 Å². The molecule has 0 unspecified atom stereocenters. The van der Waals surface area contributed by atoms with Gasteiger partial charge in [-0.3, -0.25) is 4.79 Å². The van der Waals surface area contributed by atoms with Crippen LogP contribution in [0, 0.1) is 6.92 Å². The molecule has 1 aliphatic rings. The number of ether oxygens (including phenoxy) is 3. The molecule has 1 saturated heterocycles. The maximum absolute atomic E-state index is 13.1. The molecular weight excluding hydrogens is 356 g/mol. The Hall–Kier alpha value is -2.73. The molecular formula is C22H29N2O4+. The first-order valence-corrected chi connectivity index (χ1v) is 9.54. The van der Waals surface area contributed by atoms with Crippen molar-refractivity contribution in [3.63, 3.8) is 0 Å². The maximum atomic E-state index is 13.1. The highest BCUT2D eigenvalue weighted by Gasteiger charge is 2.27. The van der Waals surface area contributed by atoms with Crippen molar-refractivity contribution in [1.82, 2.24) is 4.90 Å². The largest absolute Gasteiger partial charge is 0.496 e. The van der Waals surface area contributed by atoms with Gasteiger partial charge in [-0.2, -0.15) is 0 Å². The number of methoxy groups -OCH3 is 3. The molecule has 28 heavy (non-hydrogen) atoms. The van der Waals surface area contributed by atoms with E-state index in [0.717, 1.165) is 32.7 Å². The standard InChI is InChI=1S/C22H28N2O4/c1-16-7-5-6-8-17(16)15-23-9-11-24(12-10-23)22(25)18-13-20(27-3)21(28-4)14-19(18)26-2/h5-8,13-14H,9-12,15H2,1-4H3/p+1. The number of amides is 1. The lowest BCUT2D eigenvalue weighted by Crippen LogP contribution is -3.13. The van der Waals surface area contributed by atoms with Crippen molar-refractivity contribution in [1.29, 1.82) is 0 Å². The molecule has 2 aromatic rings. The minimum Gasteiger partial charge on any atom is -0.496 e. The van der Waals surface area contributed by atoms with Gasteiger partial charge < -0.3 is 24.0 Å². The average molecular weight is 385 g/mol. The van der Waals surface area contributed by atoms with Gasteiger partial charge in [0.1, 0.15) is 12.3 Å². The van der Waals surface area contributed by atoms with E-state index in [1.807, 2.05) is 4.90 Å². The zero-order valence-electron chi connectivity index (χ0n) is 17.1. The predicted molar refractivity (Wildman–Crippen MR) is 108 cm³/mol. The fourth-order valence-electron chi connectivity index (χ4n) is 3.65. The molecule has 150 valence electrons. The number of hydrogen-bond donors (Lipinski definition) is 1. The van der Waals surface area contributed by atoms with E-state index in [4.69, 9.17) is 14.2 Å². The van der Waals surface area contributed by atoms with E-state index in [9.17, 15) is 4.79 Å².